The molecule has 0 amide bonds. The first-order valence-electron chi connectivity index (χ1n) is 5.43. The molecule has 88 valence electrons. The van der Waals surface area contributed by atoms with Gasteiger partial charge in [0.15, 0.2) is 0 Å². The first-order chi connectivity index (χ1) is 8.25. The number of nitrogens with zero attached hydrogens (tertiary/aromatic N) is 1. The topological polar surface area (TPSA) is 50.9 Å². The number of rotatable bonds is 4. The molecular weight excluding hydrogens is 217 g/mol. The van der Waals surface area contributed by atoms with Gasteiger partial charge in [0.05, 0.1) is 17.6 Å². The first-order valence-corrected chi connectivity index (χ1v) is 5.43. The number of benzene rings is 1. The van der Waals surface area contributed by atoms with E-state index in [1.54, 1.807) is 18.5 Å². The summed E-state index contributed by atoms with van der Waals surface area (Å²) in [6, 6.07) is 8.42. The van der Waals surface area contributed by atoms with Gasteiger partial charge in [0.2, 0.25) is 0 Å². The van der Waals surface area contributed by atoms with Gasteiger partial charge in [0, 0.05) is 12.7 Å². The standard InChI is InChI=1S/C13H14FN3/c14-11-3-1-2-10(8-11)4-7-17-13-5-6-16-9-12(13)15/h1-3,5-6,8-9H,4,7,15H2,(H,16,17). The third-order valence-corrected chi connectivity index (χ3v) is 2.47. The molecule has 2 aromatic rings. The molecule has 0 fully saturated rings. The van der Waals surface area contributed by atoms with Gasteiger partial charge in [-0.1, -0.05) is 12.1 Å². The molecule has 0 atom stereocenters. The molecular formula is C13H14FN3. The van der Waals surface area contributed by atoms with Crippen LogP contribution in [-0.4, -0.2) is 11.5 Å². The Morgan fingerprint density at radius 3 is 2.94 bits per heavy atom. The predicted molar refractivity (Wildman–Crippen MR) is 67.2 cm³/mol. The van der Waals surface area contributed by atoms with Crippen molar-refractivity contribution in [2.75, 3.05) is 17.6 Å². The van der Waals surface area contributed by atoms with Crippen molar-refractivity contribution < 1.29 is 4.39 Å². The average Bonchev–Trinajstić information content (AvgIpc) is 2.32. The van der Waals surface area contributed by atoms with E-state index in [1.165, 1.54) is 12.1 Å². The molecule has 0 aliphatic carbocycles. The Morgan fingerprint density at radius 1 is 1.29 bits per heavy atom. The molecule has 2 rings (SSSR count). The molecule has 0 saturated carbocycles. The Labute approximate surface area is 99.5 Å². The molecule has 3 nitrogen and oxygen atoms in total. The SMILES string of the molecule is Nc1cnccc1NCCc1cccc(F)c1. The molecule has 0 saturated heterocycles. The minimum atomic E-state index is -0.203. The summed E-state index contributed by atoms with van der Waals surface area (Å²) in [7, 11) is 0. The van der Waals surface area contributed by atoms with Crippen LogP contribution in [0.15, 0.2) is 42.7 Å². The molecule has 0 aliphatic heterocycles. The van der Waals surface area contributed by atoms with Crippen molar-refractivity contribution in [1.82, 2.24) is 4.98 Å². The van der Waals surface area contributed by atoms with Gasteiger partial charge in [-0.3, -0.25) is 4.98 Å². The number of hydrogen-bond acceptors (Lipinski definition) is 3. The molecule has 0 aliphatic rings. The summed E-state index contributed by atoms with van der Waals surface area (Å²) in [6.45, 7) is 0.706. The van der Waals surface area contributed by atoms with Crippen molar-refractivity contribution in [2.24, 2.45) is 0 Å². The van der Waals surface area contributed by atoms with Gasteiger partial charge in [-0.05, 0) is 30.2 Å². The van der Waals surface area contributed by atoms with Crippen molar-refractivity contribution in [3.05, 3.63) is 54.1 Å². The Hall–Kier alpha value is -2.10. The van der Waals surface area contributed by atoms with Crippen molar-refractivity contribution >= 4 is 11.4 Å². The normalized spacial score (nSPS) is 10.2. The Balaban J connectivity index is 1.90. The van der Waals surface area contributed by atoms with Gasteiger partial charge in [0.1, 0.15) is 5.82 Å². The summed E-state index contributed by atoms with van der Waals surface area (Å²) in [6.07, 6.45) is 4.03. The van der Waals surface area contributed by atoms with E-state index in [9.17, 15) is 4.39 Å². The van der Waals surface area contributed by atoms with E-state index in [-0.39, 0.29) is 5.82 Å². The minimum Gasteiger partial charge on any atom is -0.396 e. The highest BCUT2D eigenvalue weighted by Crippen LogP contribution is 2.15. The molecule has 17 heavy (non-hydrogen) atoms. The van der Waals surface area contributed by atoms with Crippen molar-refractivity contribution in [2.45, 2.75) is 6.42 Å². The van der Waals surface area contributed by atoms with E-state index >= 15 is 0 Å². The maximum absolute atomic E-state index is 12.9. The lowest BCUT2D eigenvalue weighted by atomic mass is 10.1. The lowest BCUT2D eigenvalue weighted by Crippen LogP contribution is -2.07. The summed E-state index contributed by atoms with van der Waals surface area (Å²) >= 11 is 0. The largest absolute Gasteiger partial charge is 0.396 e. The van der Waals surface area contributed by atoms with Crippen molar-refractivity contribution in [3.63, 3.8) is 0 Å². The Morgan fingerprint density at radius 2 is 2.18 bits per heavy atom. The maximum Gasteiger partial charge on any atom is 0.123 e. The summed E-state index contributed by atoms with van der Waals surface area (Å²) in [5.74, 6) is -0.203. The van der Waals surface area contributed by atoms with Gasteiger partial charge in [0.25, 0.3) is 0 Å². The second kappa shape index (κ2) is 5.30. The molecule has 0 spiro atoms. The van der Waals surface area contributed by atoms with Crippen molar-refractivity contribution in [1.29, 1.82) is 0 Å². The van der Waals surface area contributed by atoms with Gasteiger partial charge in [-0.25, -0.2) is 4.39 Å². The zero-order chi connectivity index (χ0) is 12.1. The average molecular weight is 231 g/mol. The summed E-state index contributed by atoms with van der Waals surface area (Å²) in [5, 5.41) is 3.19. The lowest BCUT2D eigenvalue weighted by molar-refractivity contribution is 0.625. The van der Waals surface area contributed by atoms with Gasteiger partial charge in [-0.15, -0.1) is 0 Å². The van der Waals surface area contributed by atoms with E-state index in [2.05, 4.69) is 10.3 Å². The second-order valence-electron chi connectivity index (χ2n) is 3.77. The molecule has 0 bridgehead atoms. The molecule has 4 heteroatoms. The molecule has 1 aromatic heterocycles. The molecule has 1 heterocycles. The van der Waals surface area contributed by atoms with Crippen LogP contribution >= 0.6 is 0 Å². The van der Waals surface area contributed by atoms with Crippen LogP contribution in [-0.2, 0) is 6.42 Å². The van der Waals surface area contributed by atoms with Crippen LogP contribution in [0.5, 0.6) is 0 Å². The molecule has 0 unspecified atom stereocenters. The van der Waals surface area contributed by atoms with E-state index in [0.717, 1.165) is 17.7 Å². The highest BCUT2D eigenvalue weighted by molar-refractivity contribution is 5.64. The summed E-state index contributed by atoms with van der Waals surface area (Å²) < 4.78 is 12.9. The molecule has 0 radical (unpaired) electrons. The zero-order valence-corrected chi connectivity index (χ0v) is 9.36. The lowest BCUT2D eigenvalue weighted by Gasteiger charge is -2.08. The highest BCUT2D eigenvalue weighted by atomic mass is 19.1. The van der Waals surface area contributed by atoms with Crippen molar-refractivity contribution in [3.8, 4) is 0 Å². The van der Waals surface area contributed by atoms with Gasteiger partial charge < -0.3 is 11.1 Å². The fourth-order valence-corrected chi connectivity index (χ4v) is 1.60. The fraction of sp³-hybridized carbons (Fsp3) is 0.154. The Bertz CT molecular complexity index is 500. The third kappa shape index (κ3) is 3.17. The number of halogens is 1. The smallest absolute Gasteiger partial charge is 0.123 e. The predicted octanol–water partition coefficient (Wildman–Crippen LogP) is 2.46. The third-order valence-electron chi connectivity index (χ3n) is 2.47. The highest BCUT2D eigenvalue weighted by Gasteiger charge is 1.98. The van der Waals surface area contributed by atoms with E-state index in [4.69, 9.17) is 5.73 Å². The molecule has 3 N–H and O–H groups in total. The van der Waals surface area contributed by atoms with Crippen LogP contribution in [0.25, 0.3) is 0 Å². The number of pyridine rings is 1. The van der Waals surface area contributed by atoms with Crippen LogP contribution in [0.1, 0.15) is 5.56 Å². The number of anilines is 2. The summed E-state index contributed by atoms with van der Waals surface area (Å²) in [4.78, 5) is 3.91. The fourth-order valence-electron chi connectivity index (χ4n) is 1.60. The molecule has 1 aromatic carbocycles. The van der Waals surface area contributed by atoms with Crippen LogP contribution in [0, 0.1) is 5.82 Å². The number of nitrogen functional groups attached to an aromatic ring is 1. The Kier molecular flexibility index (Phi) is 3.55. The summed E-state index contributed by atoms with van der Waals surface area (Å²) in [5.41, 5.74) is 8.18. The number of hydrogen-bond donors (Lipinski definition) is 2. The number of nitrogens with one attached hydrogen (secondary N) is 1. The monoisotopic (exact) mass is 231 g/mol. The van der Waals surface area contributed by atoms with Gasteiger partial charge in [-0.2, -0.15) is 0 Å². The van der Waals surface area contributed by atoms with Crippen LogP contribution in [0.3, 0.4) is 0 Å². The maximum atomic E-state index is 12.9. The number of nitrogens with two attached hydrogens (primary N) is 1. The zero-order valence-electron chi connectivity index (χ0n) is 9.36. The van der Waals surface area contributed by atoms with E-state index in [0.29, 0.717) is 12.2 Å². The van der Waals surface area contributed by atoms with Crippen LogP contribution < -0.4 is 11.1 Å². The quantitative estimate of drug-likeness (QED) is 0.849. The second-order valence-corrected chi connectivity index (χ2v) is 3.77. The van der Waals surface area contributed by atoms with E-state index in [1.807, 2.05) is 12.1 Å². The van der Waals surface area contributed by atoms with Gasteiger partial charge >= 0.3 is 0 Å². The van der Waals surface area contributed by atoms with Crippen LogP contribution in [0.2, 0.25) is 0 Å². The number of aromatic nitrogens is 1. The van der Waals surface area contributed by atoms with Crippen LogP contribution in [0.4, 0.5) is 15.8 Å². The minimum absolute atomic E-state index is 0.203. The van der Waals surface area contributed by atoms with E-state index < -0.39 is 0 Å². The first kappa shape index (κ1) is 11.4.